The van der Waals surface area contributed by atoms with E-state index in [0.29, 0.717) is 0 Å². The quantitative estimate of drug-likeness (QED) is 0.806. The van der Waals surface area contributed by atoms with Crippen LogP contribution >= 0.6 is 0 Å². The van der Waals surface area contributed by atoms with E-state index in [2.05, 4.69) is 62.2 Å². The van der Waals surface area contributed by atoms with Crippen LogP contribution in [0.4, 0.5) is 5.69 Å². The average molecular weight is 318 g/mol. The van der Waals surface area contributed by atoms with Gasteiger partial charge in [0.05, 0.1) is 0 Å². The molecule has 2 saturated heterocycles. The van der Waals surface area contributed by atoms with Crippen molar-refractivity contribution < 1.29 is 0 Å². The van der Waals surface area contributed by atoms with E-state index in [9.17, 15) is 0 Å². The number of likely N-dealkylation sites (tertiary alicyclic amines) is 1. The summed E-state index contributed by atoms with van der Waals surface area (Å²) in [5.41, 5.74) is 3.90. The van der Waals surface area contributed by atoms with E-state index in [0.717, 1.165) is 18.4 Å². The smallest absolute Gasteiger partial charge is 0.0456 e. The van der Waals surface area contributed by atoms with Gasteiger partial charge in [-0.15, -0.1) is 0 Å². The Bertz CT molecular complexity index is 794. The zero-order chi connectivity index (χ0) is 15.9. The number of hydrogen-bond acceptors (Lipinski definition) is 3. The Morgan fingerprint density at radius 2 is 1.71 bits per heavy atom. The number of hydrogen-bond donors (Lipinski definition) is 1. The number of nitrogens with one attached hydrogen (secondary N) is 1. The number of fused-ring (bicyclic) bond motifs is 2. The molecular weight excluding hydrogens is 296 g/mol. The summed E-state index contributed by atoms with van der Waals surface area (Å²) in [6.45, 7) is 5.82. The van der Waals surface area contributed by atoms with Crippen molar-refractivity contribution >= 4 is 16.6 Å². The molecule has 4 heterocycles. The Morgan fingerprint density at radius 1 is 0.958 bits per heavy atom. The monoisotopic (exact) mass is 318 g/mol. The van der Waals surface area contributed by atoms with Gasteiger partial charge in [0.25, 0.3) is 0 Å². The number of H-pyrrole nitrogens is 1. The first-order valence-electron chi connectivity index (χ1n) is 8.79. The minimum atomic E-state index is 0.794. The predicted octanol–water partition coefficient (Wildman–Crippen LogP) is 3.13. The molecule has 2 aliphatic heterocycles. The Kier molecular flexibility index (Phi) is 3.30. The molecule has 122 valence electrons. The third kappa shape index (κ3) is 2.47. The summed E-state index contributed by atoms with van der Waals surface area (Å²) in [6.07, 6.45) is 3.79. The van der Waals surface area contributed by atoms with Gasteiger partial charge >= 0.3 is 0 Å². The van der Waals surface area contributed by atoms with Crippen molar-refractivity contribution in [1.29, 1.82) is 0 Å². The minimum absolute atomic E-state index is 0.794. The molecule has 0 radical (unpaired) electrons. The van der Waals surface area contributed by atoms with Gasteiger partial charge in [0.2, 0.25) is 0 Å². The average Bonchev–Trinajstić information content (AvgIpc) is 3.27. The van der Waals surface area contributed by atoms with Gasteiger partial charge in [-0.05, 0) is 41.5 Å². The Hall–Kier alpha value is -2.33. The van der Waals surface area contributed by atoms with Crippen LogP contribution in [0.1, 0.15) is 5.69 Å². The molecule has 4 nitrogen and oxygen atoms in total. The summed E-state index contributed by atoms with van der Waals surface area (Å²) in [5, 5.41) is 1.32. The van der Waals surface area contributed by atoms with Crippen molar-refractivity contribution in [2.45, 2.75) is 6.54 Å². The van der Waals surface area contributed by atoms with Crippen molar-refractivity contribution in [2.24, 2.45) is 11.8 Å². The zero-order valence-electron chi connectivity index (χ0n) is 13.7. The van der Waals surface area contributed by atoms with Gasteiger partial charge < -0.3 is 9.88 Å². The molecule has 2 atom stereocenters. The van der Waals surface area contributed by atoms with Crippen molar-refractivity contribution in [1.82, 2.24) is 14.9 Å². The van der Waals surface area contributed by atoms with E-state index >= 15 is 0 Å². The van der Waals surface area contributed by atoms with Crippen molar-refractivity contribution in [2.75, 3.05) is 31.1 Å². The van der Waals surface area contributed by atoms with Gasteiger partial charge in [-0.1, -0.05) is 18.2 Å². The fraction of sp³-hybridized carbons (Fsp3) is 0.350. The van der Waals surface area contributed by atoms with E-state index in [1.807, 2.05) is 12.4 Å². The lowest BCUT2D eigenvalue weighted by molar-refractivity contribution is 0.306. The fourth-order valence-corrected chi connectivity index (χ4v) is 4.44. The molecule has 24 heavy (non-hydrogen) atoms. The largest absolute Gasteiger partial charge is 0.371 e. The van der Waals surface area contributed by atoms with E-state index < -0.39 is 0 Å². The van der Waals surface area contributed by atoms with Crippen LogP contribution in [0.5, 0.6) is 0 Å². The molecule has 0 aliphatic carbocycles. The van der Waals surface area contributed by atoms with Crippen LogP contribution in [0.15, 0.2) is 54.9 Å². The summed E-state index contributed by atoms with van der Waals surface area (Å²) in [5.74, 6) is 1.59. The van der Waals surface area contributed by atoms with Gasteiger partial charge in [0.15, 0.2) is 0 Å². The van der Waals surface area contributed by atoms with E-state index in [1.54, 1.807) is 0 Å². The molecule has 3 aromatic rings. The number of anilines is 1. The normalized spacial score (nSPS) is 23.9. The zero-order valence-corrected chi connectivity index (χ0v) is 13.7. The fourth-order valence-electron chi connectivity index (χ4n) is 4.44. The third-order valence-electron chi connectivity index (χ3n) is 5.57. The minimum Gasteiger partial charge on any atom is -0.371 e. The number of aromatic nitrogens is 2. The number of aromatic amines is 1. The van der Waals surface area contributed by atoms with Crippen LogP contribution in [0, 0.1) is 11.8 Å². The van der Waals surface area contributed by atoms with Gasteiger partial charge in [-0.3, -0.25) is 9.88 Å². The molecule has 0 bridgehead atoms. The first-order chi connectivity index (χ1) is 11.8. The topological polar surface area (TPSA) is 35.2 Å². The van der Waals surface area contributed by atoms with Gasteiger partial charge in [-0.2, -0.15) is 0 Å². The predicted molar refractivity (Wildman–Crippen MR) is 97.0 cm³/mol. The maximum atomic E-state index is 4.13. The Labute approximate surface area is 142 Å². The summed E-state index contributed by atoms with van der Waals surface area (Å²) in [6, 6.07) is 15.1. The number of rotatable bonds is 3. The molecule has 1 N–H and O–H groups in total. The van der Waals surface area contributed by atoms with Crippen LogP contribution < -0.4 is 4.90 Å². The summed E-state index contributed by atoms with van der Waals surface area (Å²) < 4.78 is 0. The highest BCUT2D eigenvalue weighted by Crippen LogP contribution is 2.34. The molecule has 4 heteroatoms. The number of pyridine rings is 1. The van der Waals surface area contributed by atoms with Crippen LogP contribution in [-0.2, 0) is 6.54 Å². The number of benzene rings is 1. The highest BCUT2D eigenvalue weighted by molar-refractivity contribution is 5.80. The molecule has 0 saturated carbocycles. The van der Waals surface area contributed by atoms with Crippen LogP contribution in [0.2, 0.25) is 0 Å². The molecular formula is C20H22N4. The Balaban J connectivity index is 1.25. The molecule has 2 aromatic heterocycles. The molecule has 1 aromatic carbocycles. The second-order valence-electron chi connectivity index (χ2n) is 7.21. The van der Waals surface area contributed by atoms with E-state index in [1.165, 1.54) is 48.5 Å². The van der Waals surface area contributed by atoms with Crippen LogP contribution in [0.25, 0.3) is 10.9 Å². The lowest BCUT2D eigenvalue weighted by atomic mass is 10.0. The molecule has 0 unspecified atom stereocenters. The maximum absolute atomic E-state index is 4.13. The van der Waals surface area contributed by atoms with Gasteiger partial charge in [0.1, 0.15) is 0 Å². The maximum Gasteiger partial charge on any atom is 0.0456 e. The second kappa shape index (κ2) is 5.64. The lowest BCUT2D eigenvalue weighted by Gasteiger charge is -2.22. The number of para-hydroxylation sites is 1. The van der Waals surface area contributed by atoms with Crippen molar-refractivity contribution in [3.8, 4) is 0 Å². The highest BCUT2D eigenvalue weighted by atomic mass is 15.2. The summed E-state index contributed by atoms with van der Waals surface area (Å²) in [4.78, 5) is 12.8. The van der Waals surface area contributed by atoms with Crippen LogP contribution in [0.3, 0.4) is 0 Å². The molecule has 2 aliphatic rings. The number of nitrogens with zero attached hydrogens (tertiary/aromatic N) is 3. The Morgan fingerprint density at radius 3 is 2.46 bits per heavy atom. The third-order valence-corrected chi connectivity index (χ3v) is 5.57. The van der Waals surface area contributed by atoms with Crippen molar-refractivity contribution in [3.63, 3.8) is 0 Å². The first-order valence-corrected chi connectivity index (χ1v) is 8.79. The molecule has 2 fully saturated rings. The summed E-state index contributed by atoms with van der Waals surface area (Å²) >= 11 is 0. The first kappa shape index (κ1) is 14.1. The van der Waals surface area contributed by atoms with Gasteiger partial charge in [-0.25, -0.2) is 0 Å². The standard InChI is InChI=1S/C20H22N4/c1-2-4-20-15(3-1)9-18(22-20)14-23-10-16-12-24(13-17(16)11-23)19-5-7-21-8-6-19/h1-9,16-17,22H,10-14H2/t16-,17+. The lowest BCUT2D eigenvalue weighted by Crippen LogP contribution is -2.28. The van der Waals surface area contributed by atoms with Crippen LogP contribution in [-0.4, -0.2) is 41.0 Å². The second-order valence-corrected chi connectivity index (χ2v) is 7.21. The van der Waals surface area contributed by atoms with E-state index in [4.69, 9.17) is 0 Å². The summed E-state index contributed by atoms with van der Waals surface area (Å²) in [7, 11) is 0. The molecule has 0 spiro atoms. The van der Waals surface area contributed by atoms with Crippen molar-refractivity contribution in [3.05, 3.63) is 60.6 Å². The van der Waals surface area contributed by atoms with Gasteiger partial charge in [0, 0.05) is 62.0 Å². The highest BCUT2D eigenvalue weighted by Gasteiger charge is 2.39. The van der Waals surface area contributed by atoms with E-state index in [-0.39, 0.29) is 0 Å². The molecule has 0 amide bonds. The molecule has 5 rings (SSSR count). The SMILES string of the molecule is c1ccc2[nH]c(CN3C[C@@H]4CN(c5ccncc5)C[C@@H]4C3)cc2c1.